The van der Waals surface area contributed by atoms with Crippen LogP contribution in [0, 0.1) is 11.3 Å². The van der Waals surface area contributed by atoms with E-state index in [2.05, 4.69) is 5.32 Å². The summed E-state index contributed by atoms with van der Waals surface area (Å²) in [7, 11) is -4.00. The molecule has 1 aliphatic carbocycles. The SMILES string of the molecule is CCOC(=O)c1ccccc1OC(=O)OC(OC(=O)[C@H](O)C(C)(C)COS(=O)(=O)CCCNC(C)=O)C1CCCCC1. The van der Waals surface area contributed by atoms with E-state index < -0.39 is 52.6 Å². The maximum Gasteiger partial charge on any atom is 0.516 e. The van der Waals surface area contributed by atoms with Crippen LogP contribution in [0.1, 0.15) is 76.6 Å². The lowest BCUT2D eigenvalue weighted by Crippen LogP contribution is -2.44. The van der Waals surface area contributed by atoms with Gasteiger partial charge in [0.05, 0.1) is 19.0 Å². The average Bonchev–Trinajstić information content (AvgIpc) is 2.94. The van der Waals surface area contributed by atoms with Gasteiger partial charge >= 0.3 is 18.1 Å². The lowest BCUT2D eigenvalue weighted by Gasteiger charge is -2.32. The number of carbonyl (C=O) groups is 4. The predicted molar refractivity (Wildman–Crippen MR) is 149 cm³/mol. The van der Waals surface area contributed by atoms with Gasteiger partial charge in [0.2, 0.25) is 5.91 Å². The second-order valence-electron chi connectivity index (χ2n) is 10.6. The van der Waals surface area contributed by atoms with Crippen LogP contribution in [0.25, 0.3) is 0 Å². The van der Waals surface area contributed by atoms with Gasteiger partial charge in [-0.05, 0) is 38.3 Å². The summed E-state index contributed by atoms with van der Waals surface area (Å²) in [6.07, 6.45) is -0.582. The van der Waals surface area contributed by atoms with Gasteiger partial charge < -0.3 is 29.4 Å². The van der Waals surface area contributed by atoms with Crippen LogP contribution >= 0.6 is 0 Å². The number of rotatable bonds is 15. The Morgan fingerprint density at radius 1 is 1.07 bits per heavy atom. The summed E-state index contributed by atoms with van der Waals surface area (Å²) >= 11 is 0. The first-order valence-electron chi connectivity index (χ1n) is 13.9. The smallest absolute Gasteiger partial charge is 0.462 e. The van der Waals surface area contributed by atoms with Crippen molar-refractivity contribution in [2.45, 2.75) is 78.6 Å². The highest BCUT2D eigenvalue weighted by atomic mass is 32.2. The monoisotopic (exact) mass is 615 g/mol. The van der Waals surface area contributed by atoms with Crippen molar-refractivity contribution in [3.63, 3.8) is 0 Å². The zero-order valence-electron chi connectivity index (χ0n) is 24.5. The summed E-state index contributed by atoms with van der Waals surface area (Å²) in [5, 5.41) is 13.2. The van der Waals surface area contributed by atoms with Crippen LogP contribution in [0.2, 0.25) is 0 Å². The quantitative estimate of drug-likeness (QED) is 0.0969. The number of carbonyl (C=O) groups excluding carboxylic acids is 4. The topological polar surface area (TPSA) is 181 Å². The minimum atomic E-state index is -4.00. The largest absolute Gasteiger partial charge is 0.516 e. The molecule has 1 aromatic carbocycles. The molecule has 1 aromatic rings. The molecular weight excluding hydrogens is 574 g/mol. The van der Waals surface area contributed by atoms with Crippen molar-refractivity contribution in [1.82, 2.24) is 5.32 Å². The molecule has 42 heavy (non-hydrogen) atoms. The third kappa shape index (κ3) is 11.6. The lowest BCUT2D eigenvalue weighted by atomic mass is 9.87. The standard InChI is InChI=1S/C28H41NO12S/c1-5-37-24(32)21-14-9-10-15-22(21)39-27(34)41-26(20-12-7-6-8-13-20)40-25(33)23(31)28(3,4)18-38-42(35,36)17-11-16-29-19(2)30/h9-10,14-15,20,23,26,31H,5-8,11-13,16-18H2,1-4H3,(H,29,30)/t23-,26?/m0/s1. The molecule has 2 atom stereocenters. The third-order valence-electron chi connectivity index (χ3n) is 6.57. The van der Waals surface area contributed by atoms with Gasteiger partial charge in [-0.1, -0.05) is 45.2 Å². The van der Waals surface area contributed by atoms with Gasteiger partial charge in [0.15, 0.2) is 6.10 Å². The molecular formula is C28H41NO12S. The third-order valence-corrected chi connectivity index (χ3v) is 7.84. The highest BCUT2D eigenvalue weighted by Crippen LogP contribution is 2.31. The normalized spacial score (nSPS) is 15.6. The number of ether oxygens (including phenoxy) is 4. The Hall–Kier alpha value is -3.23. The number of esters is 2. The number of hydrogen-bond donors (Lipinski definition) is 2. The fourth-order valence-corrected chi connectivity index (χ4v) is 5.25. The number of para-hydroxylation sites is 1. The fourth-order valence-electron chi connectivity index (χ4n) is 4.16. The van der Waals surface area contributed by atoms with Gasteiger partial charge in [0.25, 0.3) is 16.4 Å². The molecule has 1 unspecified atom stereocenters. The van der Waals surface area contributed by atoms with Gasteiger partial charge in [-0.25, -0.2) is 14.4 Å². The van der Waals surface area contributed by atoms with Crippen LogP contribution in [0.3, 0.4) is 0 Å². The molecule has 0 bridgehead atoms. The number of amides is 1. The molecule has 0 aliphatic heterocycles. The van der Waals surface area contributed by atoms with E-state index in [-0.39, 0.29) is 48.5 Å². The molecule has 236 valence electrons. The Bertz CT molecular complexity index is 1180. The molecule has 0 saturated heterocycles. The van der Waals surface area contributed by atoms with Crippen molar-refractivity contribution >= 4 is 34.1 Å². The van der Waals surface area contributed by atoms with Crippen molar-refractivity contribution in [2.24, 2.45) is 11.3 Å². The van der Waals surface area contributed by atoms with Crippen LogP contribution < -0.4 is 10.1 Å². The maximum absolute atomic E-state index is 13.0. The Balaban J connectivity index is 2.06. The van der Waals surface area contributed by atoms with Crippen molar-refractivity contribution in [1.29, 1.82) is 0 Å². The van der Waals surface area contributed by atoms with E-state index in [1.165, 1.54) is 32.9 Å². The van der Waals surface area contributed by atoms with E-state index >= 15 is 0 Å². The zero-order valence-corrected chi connectivity index (χ0v) is 25.3. The Kier molecular flexibility index (Phi) is 13.7. The van der Waals surface area contributed by atoms with Crippen LogP contribution in [0.15, 0.2) is 24.3 Å². The first kappa shape index (κ1) is 35.0. The molecule has 2 rings (SSSR count). The molecule has 13 nitrogen and oxygen atoms in total. The molecule has 1 amide bonds. The molecule has 1 saturated carbocycles. The summed E-state index contributed by atoms with van der Waals surface area (Å²) < 4.78 is 50.6. The number of hydrogen-bond acceptors (Lipinski definition) is 12. The lowest BCUT2D eigenvalue weighted by molar-refractivity contribution is -0.196. The zero-order chi connectivity index (χ0) is 31.3. The fraction of sp³-hybridized carbons (Fsp3) is 0.643. The highest BCUT2D eigenvalue weighted by molar-refractivity contribution is 7.86. The maximum atomic E-state index is 13.0. The van der Waals surface area contributed by atoms with E-state index in [0.29, 0.717) is 12.8 Å². The summed E-state index contributed by atoms with van der Waals surface area (Å²) in [6.45, 7) is 5.52. The summed E-state index contributed by atoms with van der Waals surface area (Å²) in [6, 6.07) is 5.92. The molecule has 0 aromatic heterocycles. The first-order valence-corrected chi connectivity index (χ1v) is 15.5. The second-order valence-corrected chi connectivity index (χ2v) is 12.4. The molecule has 0 heterocycles. The summed E-state index contributed by atoms with van der Waals surface area (Å²) in [5.74, 6) is -2.97. The number of benzene rings is 1. The predicted octanol–water partition coefficient (Wildman–Crippen LogP) is 3.09. The van der Waals surface area contributed by atoms with E-state index in [1.54, 1.807) is 19.1 Å². The Labute approximate surface area is 246 Å². The van der Waals surface area contributed by atoms with Crippen molar-refractivity contribution < 1.29 is 55.8 Å². The molecule has 0 spiro atoms. The molecule has 2 N–H and O–H groups in total. The number of aliphatic hydroxyl groups excluding tert-OH is 1. The number of aliphatic hydroxyl groups is 1. The highest BCUT2D eigenvalue weighted by Gasteiger charge is 2.40. The Morgan fingerprint density at radius 3 is 2.38 bits per heavy atom. The Morgan fingerprint density at radius 2 is 1.74 bits per heavy atom. The first-order chi connectivity index (χ1) is 19.8. The van der Waals surface area contributed by atoms with E-state index in [0.717, 1.165) is 19.3 Å². The molecule has 1 aliphatic rings. The van der Waals surface area contributed by atoms with Crippen LogP contribution in [-0.2, 0) is 38.1 Å². The van der Waals surface area contributed by atoms with E-state index in [4.69, 9.17) is 23.1 Å². The van der Waals surface area contributed by atoms with Crippen molar-refractivity contribution in [3.05, 3.63) is 29.8 Å². The molecule has 14 heteroatoms. The van der Waals surface area contributed by atoms with Crippen molar-refractivity contribution in [2.75, 3.05) is 25.5 Å². The van der Waals surface area contributed by atoms with Crippen LogP contribution in [-0.4, -0.2) is 75.4 Å². The van der Waals surface area contributed by atoms with Crippen LogP contribution in [0.5, 0.6) is 5.75 Å². The molecule has 0 radical (unpaired) electrons. The van der Waals surface area contributed by atoms with E-state index in [9.17, 15) is 32.7 Å². The van der Waals surface area contributed by atoms with Gasteiger partial charge in [0.1, 0.15) is 11.3 Å². The number of nitrogens with one attached hydrogen (secondary N) is 1. The van der Waals surface area contributed by atoms with Gasteiger partial charge in [-0.3, -0.25) is 8.98 Å². The minimum absolute atomic E-state index is 0.00440. The second kappa shape index (κ2) is 16.4. The average molecular weight is 616 g/mol. The summed E-state index contributed by atoms with van der Waals surface area (Å²) in [5.41, 5.74) is -1.40. The van der Waals surface area contributed by atoms with Gasteiger partial charge in [-0.15, -0.1) is 0 Å². The van der Waals surface area contributed by atoms with Crippen molar-refractivity contribution in [3.8, 4) is 5.75 Å². The summed E-state index contributed by atoms with van der Waals surface area (Å²) in [4.78, 5) is 48.9. The minimum Gasteiger partial charge on any atom is -0.462 e. The van der Waals surface area contributed by atoms with Crippen LogP contribution in [0.4, 0.5) is 4.79 Å². The van der Waals surface area contributed by atoms with Gasteiger partial charge in [-0.2, -0.15) is 8.42 Å². The van der Waals surface area contributed by atoms with E-state index in [1.807, 2.05) is 0 Å². The van der Waals surface area contributed by atoms with Gasteiger partial charge in [0, 0.05) is 24.8 Å². The molecule has 1 fully saturated rings.